The normalized spacial score (nSPS) is 10.2. The Labute approximate surface area is 89.0 Å². The number of rotatable bonds is 1. The van der Waals surface area contributed by atoms with Crippen LogP contribution in [0.4, 0.5) is 18.9 Å². The summed E-state index contributed by atoms with van der Waals surface area (Å²) < 4.78 is 39.6. The van der Waals surface area contributed by atoms with Gasteiger partial charge in [0.15, 0.2) is 6.29 Å². The summed E-state index contributed by atoms with van der Waals surface area (Å²) in [7, 11) is 0. The lowest BCUT2D eigenvalue weighted by atomic mass is 10.2. The Kier molecular flexibility index (Phi) is 3.40. The standard InChI is InChI=1S/C10H6F3NO2/c11-10(12,13)16-9-4-3-8(14)6-7(9)2-1-5-15/h3-6H,14H2. The zero-order valence-electron chi connectivity index (χ0n) is 7.84. The van der Waals surface area contributed by atoms with E-state index in [9.17, 15) is 18.0 Å². The summed E-state index contributed by atoms with van der Waals surface area (Å²) in [5, 5.41) is 0. The molecule has 1 aromatic carbocycles. The van der Waals surface area contributed by atoms with Gasteiger partial charge >= 0.3 is 6.36 Å². The summed E-state index contributed by atoms with van der Waals surface area (Å²) in [6.45, 7) is 0. The summed E-state index contributed by atoms with van der Waals surface area (Å²) in [6.07, 6.45) is -4.55. The molecule has 0 fully saturated rings. The SMILES string of the molecule is Nc1ccc(OC(F)(F)F)c(C#CC=O)c1. The molecule has 0 amide bonds. The number of hydrogen-bond acceptors (Lipinski definition) is 3. The van der Waals surface area contributed by atoms with E-state index in [4.69, 9.17) is 5.73 Å². The van der Waals surface area contributed by atoms with Crippen LogP contribution < -0.4 is 10.5 Å². The average molecular weight is 229 g/mol. The largest absolute Gasteiger partial charge is 0.573 e. The number of nitrogens with two attached hydrogens (primary N) is 1. The summed E-state index contributed by atoms with van der Waals surface area (Å²) in [6, 6.07) is 3.47. The Hall–Kier alpha value is -2.16. The van der Waals surface area contributed by atoms with Gasteiger partial charge in [0, 0.05) is 5.69 Å². The van der Waals surface area contributed by atoms with E-state index in [-0.39, 0.29) is 17.5 Å². The van der Waals surface area contributed by atoms with Gasteiger partial charge in [-0.2, -0.15) is 0 Å². The highest BCUT2D eigenvalue weighted by molar-refractivity contribution is 5.74. The molecular formula is C10H6F3NO2. The van der Waals surface area contributed by atoms with E-state index in [2.05, 4.69) is 10.7 Å². The maximum atomic E-state index is 12.0. The second kappa shape index (κ2) is 4.57. The molecule has 0 spiro atoms. The fraction of sp³-hybridized carbons (Fsp3) is 0.100. The molecule has 2 N–H and O–H groups in total. The third kappa shape index (κ3) is 3.53. The van der Waals surface area contributed by atoms with Crippen molar-refractivity contribution in [1.82, 2.24) is 0 Å². The molecule has 0 saturated heterocycles. The highest BCUT2D eigenvalue weighted by atomic mass is 19.4. The molecule has 0 heterocycles. The summed E-state index contributed by atoms with van der Waals surface area (Å²) >= 11 is 0. The summed E-state index contributed by atoms with van der Waals surface area (Å²) in [5.74, 6) is 3.70. The molecule has 0 bridgehead atoms. The average Bonchev–Trinajstić information content (AvgIpc) is 2.16. The van der Waals surface area contributed by atoms with Crippen molar-refractivity contribution in [2.45, 2.75) is 6.36 Å². The monoisotopic (exact) mass is 229 g/mol. The first-order chi connectivity index (χ1) is 7.42. The van der Waals surface area contributed by atoms with Gasteiger partial charge in [0.25, 0.3) is 0 Å². The van der Waals surface area contributed by atoms with Gasteiger partial charge in [-0.15, -0.1) is 13.2 Å². The van der Waals surface area contributed by atoms with E-state index in [0.29, 0.717) is 0 Å². The van der Waals surface area contributed by atoms with Crippen LogP contribution in [-0.4, -0.2) is 12.6 Å². The third-order valence-electron chi connectivity index (χ3n) is 1.50. The number of ether oxygens (including phenoxy) is 1. The van der Waals surface area contributed by atoms with Crippen molar-refractivity contribution in [1.29, 1.82) is 0 Å². The van der Waals surface area contributed by atoms with Crippen molar-refractivity contribution in [2.75, 3.05) is 5.73 Å². The van der Waals surface area contributed by atoms with E-state index >= 15 is 0 Å². The Morgan fingerprint density at radius 2 is 2.06 bits per heavy atom. The number of anilines is 1. The first kappa shape index (κ1) is 11.9. The minimum atomic E-state index is -4.81. The van der Waals surface area contributed by atoms with Crippen LogP contribution in [0.3, 0.4) is 0 Å². The van der Waals surface area contributed by atoms with E-state index in [1.54, 1.807) is 0 Å². The molecule has 0 aliphatic heterocycles. The lowest BCUT2D eigenvalue weighted by Crippen LogP contribution is -2.17. The molecule has 0 atom stereocenters. The molecule has 0 aliphatic carbocycles. The molecule has 6 heteroatoms. The smallest absolute Gasteiger partial charge is 0.404 e. The molecular weight excluding hydrogens is 223 g/mol. The molecule has 0 unspecified atom stereocenters. The molecule has 3 nitrogen and oxygen atoms in total. The van der Waals surface area contributed by atoms with Gasteiger partial charge in [-0.25, -0.2) is 0 Å². The minimum absolute atomic E-state index is 0.0931. The van der Waals surface area contributed by atoms with Crippen LogP contribution in [0.5, 0.6) is 5.75 Å². The number of benzene rings is 1. The van der Waals surface area contributed by atoms with Gasteiger partial charge in [0.1, 0.15) is 5.75 Å². The van der Waals surface area contributed by atoms with Gasteiger partial charge in [0.05, 0.1) is 5.56 Å². The summed E-state index contributed by atoms with van der Waals surface area (Å²) in [4.78, 5) is 9.99. The molecule has 1 aromatic rings. The second-order valence-corrected chi connectivity index (χ2v) is 2.69. The number of halogens is 3. The van der Waals surface area contributed by atoms with Gasteiger partial charge in [-0.3, -0.25) is 4.79 Å². The molecule has 0 aromatic heterocycles. The lowest BCUT2D eigenvalue weighted by Gasteiger charge is -2.10. The molecule has 16 heavy (non-hydrogen) atoms. The second-order valence-electron chi connectivity index (χ2n) is 2.69. The zero-order chi connectivity index (χ0) is 12.2. The number of carbonyl (C=O) groups excluding carboxylic acids is 1. The van der Waals surface area contributed by atoms with Crippen molar-refractivity contribution in [3.63, 3.8) is 0 Å². The Morgan fingerprint density at radius 3 is 2.62 bits per heavy atom. The van der Waals surface area contributed by atoms with E-state index < -0.39 is 12.1 Å². The number of carbonyl (C=O) groups is 1. The fourth-order valence-electron chi connectivity index (χ4n) is 0.966. The highest BCUT2D eigenvalue weighted by Crippen LogP contribution is 2.27. The Morgan fingerprint density at radius 1 is 1.38 bits per heavy atom. The van der Waals surface area contributed by atoms with Crippen LogP contribution in [0.2, 0.25) is 0 Å². The van der Waals surface area contributed by atoms with Crippen molar-refractivity contribution in [2.24, 2.45) is 0 Å². The van der Waals surface area contributed by atoms with Crippen molar-refractivity contribution < 1.29 is 22.7 Å². The van der Waals surface area contributed by atoms with Crippen molar-refractivity contribution >= 4 is 12.0 Å². The third-order valence-corrected chi connectivity index (χ3v) is 1.50. The van der Waals surface area contributed by atoms with Crippen LogP contribution >= 0.6 is 0 Å². The van der Waals surface area contributed by atoms with Crippen LogP contribution in [0.1, 0.15) is 5.56 Å². The van der Waals surface area contributed by atoms with Gasteiger partial charge in [0.2, 0.25) is 0 Å². The van der Waals surface area contributed by atoms with Crippen LogP contribution in [-0.2, 0) is 4.79 Å². The maximum Gasteiger partial charge on any atom is 0.573 e. The molecule has 0 saturated carbocycles. The quantitative estimate of drug-likeness (QED) is 0.453. The fourth-order valence-corrected chi connectivity index (χ4v) is 0.966. The van der Waals surface area contributed by atoms with Gasteiger partial charge in [-0.05, 0) is 24.1 Å². The molecule has 84 valence electrons. The van der Waals surface area contributed by atoms with E-state index in [1.165, 1.54) is 12.1 Å². The Balaban J connectivity index is 3.12. The van der Waals surface area contributed by atoms with Gasteiger partial charge < -0.3 is 10.5 Å². The Bertz CT molecular complexity index is 457. The lowest BCUT2D eigenvalue weighted by molar-refractivity contribution is -0.274. The van der Waals surface area contributed by atoms with Crippen LogP contribution in [0, 0.1) is 11.8 Å². The minimum Gasteiger partial charge on any atom is -0.404 e. The number of nitrogen functional groups attached to an aromatic ring is 1. The number of aldehydes is 1. The van der Waals surface area contributed by atoms with Crippen molar-refractivity contribution in [3.05, 3.63) is 23.8 Å². The van der Waals surface area contributed by atoms with Crippen LogP contribution in [0.15, 0.2) is 18.2 Å². The number of alkyl halides is 3. The predicted molar refractivity (Wildman–Crippen MR) is 50.5 cm³/mol. The highest BCUT2D eigenvalue weighted by Gasteiger charge is 2.31. The summed E-state index contributed by atoms with van der Waals surface area (Å²) in [5.41, 5.74) is 5.50. The van der Waals surface area contributed by atoms with Crippen molar-refractivity contribution in [3.8, 4) is 17.6 Å². The number of hydrogen-bond donors (Lipinski definition) is 1. The molecule has 0 aliphatic rings. The first-order valence-corrected chi connectivity index (χ1v) is 4.03. The maximum absolute atomic E-state index is 12.0. The van der Waals surface area contributed by atoms with Gasteiger partial charge in [-0.1, -0.05) is 5.92 Å². The molecule has 1 rings (SSSR count). The van der Waals surface area contributed by atoms with E-state index in [1.807, 2.05) is 5.92 Å². The first-order valence-electron chi connectivity index (χ1n) is 4.03. The van der Waals surface area contributed by atoms with Crippen LogP contribution in [0.25, 0.3) is 0 Å². The zero-order valence-corrected chi connectivity index (χ0v) is 7.84. The predicted octanol–water partition coefficient (Wildman–Crippen LogP) is 1.72. The molecule has 0 radical (unpaired) electrons. The topological polar surface area (TPSA) is 52.3 Å². The van der Waals surface area contributed by atoms with E-state index in [0.717, 1.165) is 6.07 Å².